The van der Waals surface area contributed by atoms with Gasteiger partial charge in [-0.05, 0) is 50.9 Å². The Hall–Kier alpha value is -0.580. The van der Waals surface area contributed by atoms with Crippen molar-refractivity contribution in [2.75, 3.05) is 6.54 Å². The van der Waals surface area contributed by atoms with Gasteiger partial charge in [0.15, 0.2) is 0 Å². The molecule has 2 atom stereocenters. The summed E-state index contributed by atoms with van der Waals surface area (Å²) in [6, 6.07) is 6.28. The van der Waals surface area contributed by atoms with E-state index in [0.29, 0.717) is 11.6 Å². The van der Waals surface area contributed by atoms with Gasteiger partial charge in [0, 0.05) is 22.1 Å². The largest absolute Gasteiger partial charge is 0.348 e. The number of hydrogen-bond acceptors (Lipinski definition) is 2. The quantitative estimate of drug-likeness (QED) is 0.863. The van der Waals surface area contributed by atoms with Crippen LogP contribution >= 0.6 is 28.3 Å². The molecule has 3 nitrogen and oxygen atoms in total. The Labute approximate surface area is 129 Å². The molecule has 1 heterocycles. The molecule has 106 valence electrons. The standard InChI is InChI=1S/C14H19BrN2O.ClH/c1-9-5-6-11(8-12(9)15)14(18)17-13-4-3-7-16-10(13)2;/h5-6,8,10,13,16H,3-4,7H2,1-2H3,(H,17,18);1H. The number of piperidine rings is 1. The van der Waals surface area contributed by atoms with Crippen molar-refractivity contribution in [1.29, 1.82) is 0 Å². The van der Waals surface area contributed by atoms with Gasteiger partial charge in [0.1, 0.15) is 0 Å². The van der Waals surface area contributed by atoms with E-state index in [4.69, 9.17) is 0 Å². The first kappa shape index (κ1) is 16.5. The van der Waals surface area contributed by atoms with E-state index >= 15 is 0 Å². The molecule has 1 aromatic rings. The first-order chi connectivity index (χ1) is 8.58. The Morgan fingerprint density at radius 3 is 2.84 bits per heavy atom. The van der Waals surface area contributed by atoms with Crippen LogP contribution in [0.2, 0.25) is 0 Å². The number of rotatable bonds is 2. The van der Waals surface area contributed by atoms with Crippen molar-refractivity contribution in [2.24, 2.45) is 0 Å². The highest BCUT2D eigenvalue weighted by atomic mass is 79.9. The van der Waals surface area contributed by atoms with Crippen molar-refractivity contribution in [3.63, 3.8) is 0 Å². The molecule has 0 aromatic heterocycles. The van der Waals surface area contributed by atoms with Crippen LogP contribution in [0.1, 0.15) is 35.7 Å². The van der Waals surface area contributed by atoms with Gasteiger partial charge >= 0.3 is 0 Å². The Morgan fingerprint density at radius 1 is 1.47 bits per heavy atom. The maximum Gasteiger partial charge on any atom is 0.251 e. The maximum absolute atomic E-state index is 12.2. The third-order valence-electron chi connectivity index (χ3n) is 3.51. The lowest BCUT2D eigenvalue weighted by atomic mass is 9.99. The molecule has 0 aliphatic carbocycles. The highest BCUT2D eigenvalue weighted by Crippen LogP contribution is 2.18. The van der Waals surface area contributed by atoms with Gasteiger partial charge in [-0.3, -0.25) is 4.79 Å². The summed E-state index contributed by atoms with van der Waals surface area (Å²) in [4.78, 5) is 12.2. The van der Waals surface area contributed by atoms with Gasteiger partial charge in [-0.1, -0.05) is 22.0 Å². The summed E-state index contributed by atoms with van der Waals surface area (Å²) >= 11 is 3.46. The van der Waals surface area contributed by atoms with Crippen LogP contribution in [0.25, 0.3) is 0 Å². The molecule has 1 saturated heterocycles. The van der Waals surface area contributed by atoms with Crippen LogP contribution in [-0.2, 0) is 0 Å². The lowest BCUT2D eigenvalue weighted by molar-refractivity contribution is 0.0920. The fraction of sp³-hybridized carbons (Fsp3) is 0.500. The summed E-state index contributed by atoms with van der Waals surface area (Å²) in [5, 5.41) is 6.49. The summed E-state index contributed by atoms with van der Waals surface area (Å²) in [7, 11) is 0. The molecule has 1 amide bonds. The molecule has 1 aromatic carbocycles. The average Bonchev–Trinajstić information content (AvgIpc) is 2.35. The number of carbonyl (C=O) groups is 1. The molecule has 1 aliphatic rings. The molecule has 2 unspecified atom stereocenters. The van der Waals surface area contributed by atoms with Gasteiger partial charge in [0.05, 0.1) is 0 Å². The molecule has 0 bridgehead atoms. The molecule has 2 N–H and O–H groups in total. The highest BCUT2D eigenvalue weighted by Gasteiger charge is 2.22. The van der Waals surface area contributed by atoms with E-state index in [1.165, 1.54) is 0 Å². The lowest BCUT2D eigenvalue weighted by Crippen LogP contribution is -2.51. The van der Waals surface area contributed by atoms with Crippen molar-refractivity contribution >= 4 is 34.2 Å². The SMILES string of the molecule is Cc1ccc(C(=O)NC2CCCNC2C)cc1Br.Cl. The van der Waals surface area contributed by atoms with Crippen LogP contribution in [0, 0.1) is 6.92 Å². The Morgan fingerprint density at radius 2 is 2.21 bits per heavy atom. The molecule has 5 heteroatoms. The first-order valence-corrected chi connectivity index (χ1v) is 7.17. The summed E-state index contributed by atoms with van der Waals surface area (Å²) in [5.74, 6) is 0.0104. The zero-order valence-electron chi connectivity index (χ0n) is 11.2. The predicted molar refractivity (Wildman–Crippen MR) is 84.1 cm³/mol. The molecule has 2 rings (SSSR count). The van der Waals surface area contributed by atoms with Crippen molar-refractivity contribution in [3.8, 4) is 0 Å². The summed E-state index contributed by atoms with van der Waals surface area (Å²) in [5.41, 5.74) is 1.85. The van der Waals surface area contributed by atoms with E-state index in [0.717, 1.165) is 29.4 Å². The van der Waals surface area contributed by atoms with Crippen molar-refractivity contribution in [2.45, 2.75) is 38.8 Å². The normalized spacial score (nSPS) is 22.5. The minimum Gasteiger partial charge on any atom is -0.348 e. The van der Waals surface area contributed by atoms with Crippen LogP contribution in [0.15, 0.2) is 22.7 Å². The minimum absolute atomic E-state index is 0. The number of halogens is 2. The number of benzene rings is 1. The average molecular weight is 348 g/mol. The molecular weight excluding hydrogens is 328 g/mol. The second kappa shape index (κ2) is 7.27. The third kappa shape index (κ3) is 4.20. The van der Waals surface area contributed by atoms with E-state index in [-0.39, 0.29) is 24.4 Å². The van der Waals surface area contributed by atoms with Gasteiger partial charge in [-0.25, -0.2) is 0 Å². The topological polar surface area (TPSA) is 41.1 Å². The van der Waals surface area contributed by atoms with Crippen LogP contribution in [0.5, 0.6) is 0 Å². The Balaban J connectivity index is 0.00000180. The van der Waals surface area contributed by atoms with Crippen LogP contribution in [0.4, 0.5) is 0 Å². The van der Waals surface area contributed by atoms with Crippen LogP contribution in [0.3, 0.4) is 0 Å². The fourth-order valence-electron chi connectivity index (χ4n) is 2.23. The molecule has 1 fully saturated rings. The number of amides is 1. The van der Waals surface area contributed by atoms with Crippen molar-refractivity contribution in [3.05, 3.63) is 33.8 Å². The van der Waals surface area contributed by atoms with E-state index in [1.54, 1.807) is 0 Å². The Kier molecular flexibility index (Phi) is 6.30. The molecular formula is C14H20BrClN2O. The van der Waals surface area contributed by atoms with Crippen molar-refractivity contribution < 1.29 is 4.79 Å². The molecule has 0 spiro atoms. The number of carbonyl (C=O) groups excluding carboxylic acids is 1. The van der Waals surface area contributed by atoms with E-state index < -0.39 is 0 Å². The fourth-order valence-corrected chi connectivity index (χ4v) is 2.61. The second-order valence-electron chi connectivity index (χ2n) is 4.93. The number of nitrogens with one attached hydrogen (secondary N) is 2. The van der Waals surface area contributed by atoms with Gasteiger partial charge in [-0.2, -0.15) is 0 Å². The van der Waals surface area contributed by atoms with Gasteiger partial charge in [0.2, 0.25) is 0 Å². The monoisotopic (exact) mass is 346 g/mol. The highest BCUT2D eigenvalue weighted by molar-refractivity contribution is 9.10. The summed E-state index contributed by atoms with van der Waals surface area (Å²) < 4.78 is 0.977. The third-order valence-corrected chi connectivity index (χ3v) is 4.37. The van der Waals surface area contributed by atoms with Gasteiger partial charge in [0.25, 0.3) is 5.91 Å². The molecule has 0 saturated carbocycles. The van der Waals surface area contributed by atoms with E-state index in [2.05, 4.69) is 33.5 Å². The van der Waals surface area contributed by atoms with Crippen LogP contribution < -0.4 is 10.6 Å². The van der Waals surface area contributed by atoms with Crippen LogP contribution in [-0.4, -0.2) is 24.5 Å². The summed E-state index contributed by atoms with van der Waals surface area (Å²) in [6.45, 7) is 5.18. The maximum atomic E-state index is 12.2. The minimum atomic E-state index is 0. The lowest BCUT2D eigenvalue weighted by Gasteiger charge is -2.30. The van der Waals surface area contributed by atoms with Crippen molar-refractivity contribution in [1.82, 2.24) is 10.6 Å². The summed E-state index contributed by atoms with van der Waals surface area (Å²) in [6.07, 6.45) is 2.17. The predicted octanol–water partition coefficient (Wildman–Crippen LogP) is 3.05. The molecule has 1 aliphatic heterocycles. The molecule has 19 heavy (non-hydrogen) atoms. The second-order valence-corrected chi connectivity index (χ2v) is 5.78. The first-order valence-electron chi connectivity index (χ1n) is 6.38. The zero-order valence-corrected chi connectivity index (χ0v) is 13.6. The van der Waals surface area contributed by atoms with Gasteiger partial charge in [-0.15, -0.1) is 12.4 Å². The number of aryl methyl sites for hydroxylation is 1. The zero-order chi connectivity index (χ0) is 13.1. The Bertz CT molecular complexity index is 453. The number of hydrogen-bond donors (Lipinski definition) is 2. The van der Waals surface area contributed by atoms with E-state index in [1.807, 2.05) is 25.1 Å². The van der Waals surface area contributed by atoms with E-state index in [9.17, 15) is 4.79 Å². The molecule has 0 radical (unpaired) electrons. The smallest absolute Gasteiger partial charge is 0.251 e. The van der Waals surface area contributed by atoms with Gasteiger partial charge < -0.3 is 10.6 Å².